The van der Waals surface area contributed by atoms with Crippen LogP contribution in [0.5, 0.6) is 5.75 Å². The van der Waals surface area contributed by atoms with Crippen LogP contribution in [0.1, 0.15) is 1.43 Å². The molecule has 10 heavy (non-hydrogen) atoms. The Labute approximate surface area is 89.1 Å². The summed E-state index contributed by atoms with van der Waals surface area (Å²) in [4.78, 5) is 0. The van der Waals surface area contributed by atoms with E-state index >= 15 is 0 Å². The molecule has 0 N–H and O–H groups in total. The fourth-order valence-corrected chi connectivity index (χ4v) is 0.697. The molecular weight excluding hydrogens is 159 g/mol. The molecule has 0 bridgehead atoms. The van der Waals surface area contributed by atoms with Gasteiger partial charge >= 0.3 is 29.6 Å². The van der Waals surface area contributed by atoms with Crippen molar-refractivity contribution in [2.45, 2.75) is 0 Å². The number of halogens is 1. The molecule has 0 atom stereocenters. The molecule has 0 aliphatic carbocycles. The second kappa shape index (κ2) is 5.03. The summed E-state index contributed by atoms with van der Waals surface area (Å²) in [5.74, 6) is 0.833. The van der Waals surface area contributed by atoms with Gasteiger partial charge in [0.05, 0.1) is 7.11 Å². The molecule has 1 aromatic carbocycles. The van der Waals surface area contributed by atoms with Gasteiger partial charge in [-0.15, -0.1) is 0 Å². The van der Waals surface area contributed by atoms with Crippen molar-refractivity contribution in [2.75, 3.05) is 7.11 Å². The molecule has 3 heteroatoms. The number of benzene rings is 1. The maximum absolute atomic E-state index is 5.61. The van der Waals surface area contributed by atoms with Crippen LogP contribution in [-0.4, -0.2) is 7.11 Å². The first kappa shape index (κ1) is 10.3. The average Bonchev–Trinajstić information content (AvgIpc) is 1.90. The van der Waals surface area contributed by atoms with Crippen LogP contribution in [0.4, 0.5) is 0 Å². The van der Waals surface area contributed by atoms with Crippen molar-refractivity contribution in [1.82, 2.24) is 0 Å². The topological polar surface area (TPSA) is 9.23 Å². The van der Waals surface area contributed by atoms with Crippen LogP contribution in [0, 0.1) is 0 Å². The zero-order valence-corrected chi connectivity index (χ0v) is 8.85. The number of rotatable bonds is 1. The van der Waals surface area contributed by atoms with Gasteiger partial charge in [-0.1, -0.05) is 11.6 Å². The van der Waals surface area contributed by atoms with E-state index in [4.69, 9.17) is 16.3 Å². The van der Waals surface area contributed by atoms with Gasteiger partial charge in [-0.25, -0.2) is 0 Å². The van der Waals surface area contributed by atoms with Gasteiger partial charge in [-0.3, -0.25) is 0 Å². The van der Waals surface area contributed by atoms with Crippen LogP contribution in [0.25, 0.3) is 0 Å². The SMILES string of the molecule is COc1ccc(Cl)cc1.[H-].[Na+]. The minimum Gasteiger partial charge on any atom is -1.00 e. The van der Waals surface area contributed by atoms with Crippen LogP contribution in [-0.2, 0) is 0 Å². The molecule has 0 unspecified atom stereocenters. The molecule has 1 nitrogen and oxygen atoms in total. The number of hydrogen-bond acceptors (Lipinski definition) is 1. The molecule has 1 aromatic rings. The Hall–Kier alpha value is 0.310. The molecule has 0 saturated heterocycles. The Bertz CT molecular complexity index is 190. The van der Waals surface area contributed by atoms with E-state index in [1.807, 2.05) is 12.1 Å². The van der Waals surface area contributed by atoms with Crippen molar-refractivity contribution in [2.24, 2.45) is 0 Å². The standard InChI is InChI=1S/C7H7ClO.Na.H/c1-9-7-4-2-6(8)3-5-7;;/h2-5H,1H3;;/q;+1;-1. The maximum Gasteiger partial charge on any atom is 1.00 e. The van der Waals surface area contributed by atoms with Crippen molar-refractivity contribution in [3.63, 3.8) is 0 Å². The van der Waals surface area contributed by atoms with Crippen LogP contribution < -0.4 is 34.3 Å². The number of hydrogen-bond donors (Lipinski definition) is 0. The summed E-state index contributed by atoms with van der Waals surface area (Å²) in [6.07, 6.45) is 0. The predicted octanol–water partition coefficient (Wildman–Crippen LogP) is -0.535. The predicted molar refractivity (Wildman–Crippen MR) is 39.1 cm³/mol. The molecule has 0 heterocycles. The van der Waals surface area contributed by atoms with Crippen molar-refractivity contribution in [3.8, 4) is 5.75 Å². The molecule has 0 amide bonds. The molecule has 50 valence electrons. The molecule has 0 spiro atoms. The quantitative estimate of drug-likeness (QED) is 0.510. The Morgan fingerprint density at radius 3 is 2.20 bits per heavy atom. The molecule has 0 aromatic heterocycles. The van der Waals surface area contributed by atoms with Crippen LogP contribution in [0.15, 0.2) is 24.3 Å². The minimum absolute atomic E-state index is 0. The monoisotopic (exact) mass is 166 g/mol. The Kier molecular flexibility index (Phi) is 5.18. The van der Waals surface area contributed by atoms with Gasteiger partial charge < -0.3 is 6.16 Å². The minimum atomic E-state index is 0. The van der Waals surface area contributed by atoms with Crippen molar-refractivity contribution in [1.29, 1.82) is 0 Å². The summed E-state index contributed by atoms with van der Waals surface area (Å²) in [5.41, 5.74) is 0. The summed E-state index contributed by atoms with van der Waals surface area (Å²) in [6, 6.07) is 7.23. The summed E-state index contributed by atoms with van der Waals surface area (Å²) >= 11 is 5.61. The molecule has 0 aliphatic heterocycles. The molecule has 0 radical (unpaired) electrons. The van der Waals surface area contributed by atoms with Crippen LogP contribution in [0.3, 0.4) is 0 Å². The first-order valence-corrected chi connectivity index (χ1v) is 3.00. The third-order valence-electron chi connectivity index (χ3n) is 1.05. The summed E-state index contributed by atoms with van der Waals surface area (Å²) in [6.45, 7) is 0. The van der Waals surface area contributed by atoms with E-state index in [0.717, 1.165) is 10.8 Å². The van der Waals surface area contributed by atoms with E-state index in [-0.39, 0.29) is 31.0 Å². The molecule has 0 fully saturated rings. The van der Waals surface area contributed by atoms with Crippen molar-refractivity contribution < 1.29 is 35.7 Å². The van der Waals surface area contributed by atoms with E-state index in [1.165, 1.54) is 0 Å². The fraction of sp³-hybridized carbons (Fsp3) is 0.143. The van der Waals surface area contributed by atoms with E-state index in [9.17, 15) is 0 Å². The summed E-state index contributed by atoms with van der Waals surface area (Å²) in [5, 5.41) is 0.732. The Morgan fingerprint density at radius 2 is 1.80 bits per heavy atom. The maximum atomic E-state index is 5.61. The van der Waals surface area contributed by atoms with E-state index in [2.05, 4.69) is 0 Å². The third-order valence-corrected chi connectivity index (χ3v) is 1.30. The largest absolute Gasteiger partial charge is 1.00 e. The summed E-state index contributed by atoms with van der Waals surface area (Å²) in [7, 11) is 1.63. The Morgan fingerprint density at radius 1 is 1.30 bits per heavy atom. The van der Waals surface area contributed by atoms with E-state index in [1.54, 1.807) is 19.2 Å². The van der Waals surface area contributed by atoms with Gasteiger partial charge in [-0.2, -0.15) is 0 Å². The van der Waals surface area contributed by atoms with Gasteiger partial charge in [-0.05, 0) is 24.3 Å². The smallest absolute Gasteiger partial charge is 1.00 e. The fourth-order valence-electron chi connectivity index (χ4n) is 0.571. The average molecular weight is 167 g/mol. The summed E-state index contributed by atoms with van der Waals surface area (Å²) < 4.78 is 4.91. The number of methoxy groups -OCH3 is 1. The molecular formula is C7H8ClNaO. The Balaban J connectivity index is 0. The van der Waals surface area contributed by atoms with Gasteiger partial charge in [0.2, 0.25) is 0 Å². The second-order valence-electron chi connectivity index (χ2n) is 1.66. The van der Waals surface area contributed by atoms with Crippen LogP contribution >= 0.6 is 11.6 Å². The van der Waals surface area contributed by atoms with Crippen LogP contribution in [0.2, 0.25) is 5.02 Å². The van der Waals surface area contributed by atoms with Gasteiger partial charge in [0.25, 0.3) is 0 Å². The zero-order valence-electron chi connectivity index (χ0n) is 7.10. The number of ether oxygens (including phenoxy) is 1. The molecule has 0 aliphatic rings. The zero-order chi connectivity index (χ0) is 6.69. The van der Waals surface area contributed by atoms with Crippen molar-refractivity contribution in [3.05, 3.63) is 29.3 Å². The van der Waals surface area contributed by atoms with Crippen molar-refractivity contribution >= 4 is 11.6 Å². The molecule has 0 saturated carbocycles. The second-order valence-corrected chi connectivity index (χ2v) is 2.09. The normalized spacial score (nSPS) is 8.20. The van der Waals surface area contributed by atoms with Gasteiger partial charge in [0, 0.05) is 5.02 Å². The van der Waals surface area contributed by atoms with E-state index < -0.39 is 0 Å². The molecule has 1 rings (SSSR count). The van der Waals surface area contributed by atoms with Gasteiger partial charge in [0.1, 0.15) is 5.75 Å². The third kappa shape index (κ3) is 2.93. The van der Waals surface area contributed by atoms with Gasteiger partial charge in [0.15, 0.2) is 0 Å². The first-order chi connectivity index (χ1) is 4.33. The first-order valence-electron chi connectivity index (χ1n) is 2.62. The van der Waals surface area contributed by atoms with E-state index in [0.29, 0.717) is 0 Å².